The third kappa shape index (κ3) is 10.9. The van der Waals surface area contributed by atoms with Crippen molar-refractivity contribution in [2.75, 3.05) is 0 Å². The lowest BCUT2D eigenvalue weighted by atomic mass is 10.2. The zero-order valence-corrected chi connectivity index (χ0v) is 28.3. The molecule has 6 heteroatoms. The van der Waals surface area contributed by atoms with E-state index in [2.05, 4.69) is 72.8 Å². The molecule has 0 saturated carbocycles. The molecular weight excluding hydrogens is 633 g/mol. The second kappa shape index (κ2) is 17.9. The Labute approximate surface area is 291 Å². The first-order valence-corrected chi connectivity index (χ1v) is 18.4. The summed E-state index contributed by atoms with van der Waals surface area (Å²) in [4.78, 5) is 0. The first kappa shape index (κ1) is 33.1. The maximum absolute atomic E-state index is 6.21. The van der Waals surface area contributed by atoms with Gasteiger partial charge >= 0.3 is 0 Å². The molecule has 0 amide bonds. The SMILES string of the molecule is c1ccc(COc2cc(CSSCc3cc(OCc4ccccc4)cc(OCc4ccccc4)c3)cc(OCc3ccccc3)c2)cc1. The van der Waals surface area contributed by atoms with Crippen molar-refractivity contribution in [2.45, 2.75) is 37.9 Å². The molecular formula is C42H38O4S2. The first-order valence-electron chi connectivity index (χ1n) is 15.9. The van der Waals surface area contributed by atoms with Crippen molar-refractivity contribution in [3.8, 4) is 23.0 Å². The van der Waals surface area contributed by atoms with Gasteiger partial charge in [0.05, 0.1) is 0 Å². The van der Waals surface area contributed by atoms with E-state index in [4.69, 9.17) is 18.9 Å². The first-order chi connectivity index (χ1) is 23.7. The molecule has 0 unspecified atom stereocenters. The average Bonchev–Trinajstić information content (AvgIpc) is 3.15. The van der Waals surface area contributed by atoms with Crippen LogP contribution in [0.4, 0.5) is 0 Å². The van der Waals surface area contributed by atoms with Gasteiger partial charge in [-0.15, -0.1) is 0 Å². The standard InChI is InChI=1S/C42H38O4S2/c1-5-13-33(14-6-1)27-43-39-21-37(22-40(25-39)44-28-34-15-7-2-8-16-34)31-47-48-32-38-23-41(45-29-35-17-9-3-10-18-35)26-42(24-38)46-30-36-19-11-4-12-20-36/h1-26H,27-32H2. The van der Waals surface area contributed by atoms with E-state index in [-0.39, 0.29) is 0 Å². The van der Waals surface area contributed by atoms with Crippen LogP contribution in [0.5, 0.6) is 23.0 Å². The molecule has 0 fully saturated rings. The maximum atomic E-state index is 6.21. The Hall–Kier alpha value is -4.78. The van der Waals surface area contributed by atoms with Crippen molar-refractivity contribution in [1.82, 2.24) is 0 Å². The number of ether oxygens (including phenoxy) is 4. The molecule has 6 rings (SSSR count). The summed E-state index contributed by atoms with van der Waals surface area (Å²) in [5.74, 6) is 4.80. The van der Waals surface area contributed by atoms with E-state index in [0.29, 0.717) is 26.4 Å². The molecule has 0 heterocycles. The van der Waals surface area contributed by atoms with Gasteiger partial charge in [-0.2, -0.15) is 0 Å². The topological polar surface area (TPSA) is 36.9 Å². The van der Waals surface area contributed by atoms with Crippen LogP contribution in [0.2, 0.25) is 0 Å². The van der Waals surface area contributed by atoms with Crippen LogP contribution in [-0.2, 0) is 37.9 Å². The molecule has 0 radical (unpaired) electrons. The molecule has 242 valence electrons. The van der Waals surface area contributed by atoms with E-state index < -0.39 is 0 Å². The second-order valence-electron chi connectivity index (χ2n) is 11.2. The van der Waals surface area contributed by atoms with Crippen LogP contribution in [0.3, 0.4) is 0 Å². The molecule has 0 saturated heterocycles. The van der Waals surface area contributed by atoms with Gasteiger partial charge in [0, 0.05) is 23.6 Å². The Morgan fingerprint density at radius 2 is 0.542 bits per heavy atom. The van der Waals surface area contributed by atoms with Crippen LogP contribution in [0.15, 0.2) is 158 Å². The van der Waals surface area contributed by atoms with Gasteiger partial charge in [-0.05, 0) is 57.6 Å². The highest BCUT2D eigenvalue weighted by atomic mass is 33.1. The van der Waals surface area contributed by atoms with Crippen LogP contribution in [0.1, 0.15) is 33.4 Å². The van der Waals surface area contributed by atoms with Crippen LogP contribution in [-0.4, -0.2) is 0 Å². The quantitative estimate of drug-likeness (QED) is 0.0710. The average molecular weight is 671 g/mol. The Morgan fingerprint density at radius 1 is 0.292 bits per heavy atom. The molecule has 6 aromatic rings. The molecule has 0 aliphatic heterocycles. The summed E-state index contributed by atoms with van der Waals surface area (Å²) in [5, 5.41) is 0. The number of rotatable bonds is 17. The highest BCUT2D eigenvalue weighted by molar-refractivity contribution is 8.76. The lowest BCUT2D eigenvalue weighted by molar-refractivity contribution is 0.289. The van der Waals surface area contributed by atoms with E-state index in [0.717, 1.165) is 67.9 Å². The summed E-state index contributed by atoms with van der Waals surface area (Å²) < 4.78 is 24.9. The molecule has 0 aliphatic carbocycles. The number of hydrogen-bond acceptors (Lipinski definition) is 6. The fraction of sp³-hybridized carbons (Fsp3) is 0.143. The monoisotopic (exact) mass is 670 g/mol. The van der Waals surface area contributed by atoms with Crippen LogP contribution in [0, 0.1) is 0 Å². The van der Waals surface area contributed by atoms with Gasteiger partial charge in [-0.3, -0.25) is 0 Å². The van der Waals surface area contributed by atoms with Gasteiger partial charge in [0.2, 0.25) is 0 Å². The third-order valence-corrected chi connectivity index (χ3v) is 9.68. The smallest absolute Gasteiger partial charge is 0.123 e. The minimum atomic E-state index is 0.502. The Kier molecular flexibility index (Phi) is 12.4. The zero-order valence-electron chi connectivity index (χ0n) is 26.7. The van der Waals surface area contributed by atoms with Crippen molar-refractivity contribution in [3.63, 3.8) is 0 Å². The van der Waals surface area contributed by atoms with Gasteiger partial charge in [-0.25, -0.2) is 0 Å². The molecule has 6 aromatic carbocycles. The molecule has 0 bridgehead atoms. The third-order valence-electron chi connectivity index (χ3n) is 7.41. The Morgan fingerprint density at radius 3 is 0.792 bits per heavy atom. The second-order valence-corrected chi connectivity index (χ2v) is 13.7. The fourth-order valence-corrected chi connectivity index (χ4v) is 7.03. The molecule has 0 aliphatic rings. The van der Waals surface area contributed by atoms with Crippen molar-refractivity contribution >= 4 is 21.6 Å². The van der Waals surface area contributed by atoms with Crippen molar-refractivity contribution in [1.29, 1.82) is 0 Å². The van der Waals surface area contributed by atoms with Crippen molar-refractivity contribution < 1.29 is 18.9 Å². The van der Waals surface area contributed by atoms with Gasteiger partial charge in [0.15, 0.2) is 0 Å². The summed E-state index contributed by atoms with van der Waals surface area (Å²) in [5.41, 5.74) is 6.80. The molecule has 4 nitrogen and oxygen atoms in total. The van der Waals surface area contributed by atoms with Gasteiger partial charge in [0.25, 0.3) is 0 Å². The summed E-state index contributed by atoms with van der Waals surface area (Å²) in [6, 6.07) is 53.3. The molecule has 0 spiro atoms. The lowest BCUT2D eigenvalue weighted by Crippen LogP contribution is -1.99. The lowest BCUT2D eigenvalue weighted by Gasteiger charge is -2.14. The van der Waals surface area contributed by atoms with Crippen molar-refractivity contribution in [2.24, 2.45) is 0 Å². The zero-order chi connectivity index (χ0) is 32.6. The van der Waals surface area contributed by atoms with Crippen molar-refractivity contribution in [3.05, 3.63) is 191 Å². The Balaban J connectivity index is 1.10. The Bertz CT molecular complexity index is 1560. The predicted molar refractivity (Wildman–Crippen MR) is 199 cm³/mol. The van der Waals surface area contributed by atoms with Crippen LogP contribution < -0.4 is 18.9 Å². The van der Waals surface area contributed by atoms with Crippen LogP contribution >= 0.6 is 21.6 Å². The van der Waals surface area contributed by atoms with Gasteiger partial charge in [0.1, 0.15) is 49.4 Å². The highest BCUT2D eigenvalue weighted by Crippen LogP contribution is 2.35. The predicted octanol–water partition coefficient (Wildman–Crippen LogP) is 11.1. The van der Waals surface area contributed by atoms with Gasteiger partial charge in [-0.1, -0.05) is 143 Å². The molecule has 0 N–H and O–H groups in total. The maximum Gasteiger partial charge on any atom is 0.123 e. The number of hydrogen-bond donors (Lipinski definition) is 0. The highest BCUT2D eigenvalue weighted by Gasteiger charge is 2.09. The molecule has 0 aromatic heterocycles. The van der Waals surface area contributed by atoms with E-state index in [1.165, 1.54) is 0 Å². The minimum absolute atomic E-state index is 0.502. The van der Waals surface area contributed by atoms with Crippen LogP contribution in [0.25, 0.3) is 0 Å². The normalized spacial score (nSPS) is 10.8. The summed E-state index contributed by atoms with van der Waals surface area (Å²) in [6.07, 6.45) is 0. The van der Waals surface area contributed by atoms with E-state index >= 15 is 0 Å². The van der Waals surface area contributed by atoms with E-state index in [1.807, 2.05) is 84.9 Å². The van der Waals surface area contributed by atoms with E-state index in [9.17, 15) is 0 Å². The fourth-order valence-electron chi connectivity index (χ4n) is 4.94. The largest absolute Gasteiger partial charge is 0.489 e. The molecule has 48 heavy (non-hydrogen) atoms. The summed E-state index contributed by atoms with van der Waals surface area (Å²) >= 11 is 0. The number of benzene rings is 6. The molecule has 0 atom stereocenters. The van der Waals surface area contributed by atoms with Gasteiger partial charge < -0.3 is 18.9 Å². The summed E-state index contributed by atoms with van der Waals surface area (Å²) in [7, 11) is 3.61. The van der Waals surface area contributed by atoms with E-state index in [1.54, 1.807) is 21.6 Å². The minimum Gasteiger partial charge on any atom is -0.489 e. The summed E-state index contributed by atoms with van der Waals surface area (Å²) in [6.45, 7) is 2.01.